The van der Waals surface area contributed by atoms with E-state index < -0.39 is 11.6 Å². The molecule has 23 heavy (non-hydrogen) atoms. The van der Waals surface area contributed by atoms with E-state index in [9.17, 15) is 8.78 Å². The molecule has 0 radical (unpaired) electrons. The highest BCUT2D eigenvalue weighted by Crippen LogP contribution is 2.25. The van der Waals surface area contributed by atoms with E-state index >= 15 is 0 Å². The summed E-state index contributed by atoms with van der Waals surface area (Å²) in [4.78, 5) is 4.48. The Kier molecular flexibility index (Phi) is 2.94. The molecule has 0 amide bonds. The highest BCUT2D eigenvalue weighted by molar-refractivity contribution is 5.84. The number of benzene rings is 2. The van der Waals surface area contributed by atoms with Gasteiger partial charge in [0.2, 0.25) is 5.65 Å². The van der Waals surface area contributed by atoms with Gasteiger partial charge in [-0.1, -0.05) is 6.07 Å². The summed E-state index contributed by atoms with van der Waals surface area (Å²) in [5.41, 5.74) is 3.24. The number of anilines is 2. The zero-order valence-electron chi connectivity index (χ0n) is 12.1. The van der Waals surface area contributed by atoms with Gasteiger partial charge in [0.15, 0.2) is 5.82 Å². The molecule has 0 fully saturated rings. The van der Waals surface area contributed by atoms with Crippen molar-refractivity contribution in [3.05, 3.63) is 59.9 Å². The molecule has 1 N–H and O–H groups in total. The van der Waals surface area contributed by atoms with Gasteiger partial charge < -0.3 is 5.32 Å². The lowest BCUT2D eigenvalue weighted by Crippen LogP contribution is -2.02. The molecule has 0 aliphatic rings. The number of rotatable bonds is 2. The molecule has 0 aliphatic heterocycles. The van der Waals surface area contributed by atoms with Gasteiger partial charge >= 0.3 is 0 Å². The molecule has 2 aromatic heterocycles. The van der Waals surface area contributed by atoms with Crippen molar-refractivity contribution < 1.29 is 8.78 Å². The summed E-state index contributed by atoms with van der Waals surface area (Å²) in [5, 5.41) is 10.8. The fourth-order valence-electron chi connectivity index (χ4n) is 2.47. The highest BCUT2D eigenvalue weighted by Gasteiger charge is 2.12. The molecule has 2 heterocycles. The van der Waals surface area contributed by atoms with Gasteiger partial charge in [0, 0.05) is 6.07 Å². The van der Waals surface area contributed by atoms with Crippen molar-refractivity contribution in [1.82, 2.24) is 19.6 Å². The minimum Gasteiger partial charge on any atom is -0.335 e. The van der Waals surface area contributed by atoms with Crippen LogP contribution in [0.15, 0.2) is 42.7 Å². The van der Waals surface area contributed by atoms with Crippen LogP contribution in [0, 0.1) is 18.6 Å². The topological polar surface area (TPSA) is 55.1 Å². The summed E-state index contributed by atoms with van der Waals surface area (Å²) in [7, 11) is 0. The summed E-state index contributed by atoms with van der Waals surface area (Å²) in [6.07, 6.45) is 1.57. The van der Waals surface area contributed by atoms with Gasteiger partial charge in [-0.15, -0.1) is 10.2 Å². The smallest absolute Gasteiger partial charge is 0.204 e. The molecule has 114 valence electrons. The number of fused-ring (bicyclic) bond motifs is 3. The Morgan fingerprint density at radius 1 is 1.09 bits per heavy atom. The van der Waals surface area contributed by atoms with E-state index in [4.69, 9.17) is 0 Å². The first-order valence-electron chi connectivity index (χ1n) is 6.94. The number of aromatic nitrogens is 4. The predicted octanol–water partition coefficient (Wildman–Crippen LogP) is 3.61. The van der Waals surface area contributed by atoms with Crippen LogP contribution >= 0.6 is 0 Å². The van der Waals surface area contributed by atoms with Crippen LogP contribution < -0.4 is 5.32 Å². The minimum absolute atomic E-state index is 0.121. The SMILES string of the molecule is Cc1ccc2nc(Nc3ccc(F)cc3F)c3nncn3c2c1. The third kappa shape index (κ3) is 2.26. The van der Waals surface area contributed by atoms with Gasteiger partial charge in [-0.3, -0.25) is 4.40 Å². The van der Waals surface area contributed by atoms with Gasteiger partial charge in [-0.25, -0.2) is 13.8 Å². The lowest BCUT2D eigenvalue weighted by atomic mass is 10.2. The average Bonchev–Trinajstić information content (AvgIpc) is 3.01. The van der Waals surface area contributed by atoms with Crippen LogP contribution in [-0.4, -0.2) is 19.6 Å². The average molecular weight is 311 g/mol. The van der Waals surface area contributed by atoms with Crippen molar-refractivity contribution in [2.75, 3.05) is 5.32 Å². The van der Waals surface area contributed by atoms with E-state index in [1.54, 1.807) is 10.7 Å². The Morgan fingerprint density at radius 3 is 2.78 bits per heavy atom. The first-order chi connectivity index (χ1) is 11.1. The lowest BCUT2D eigenvalue weighted by molar-refractivity contribution is 0.586. The number of hydrogen-bond acceptors (Lipinski definition) is 4. The first-order valence-corrected chi connectivity index (χ1v) is 6.94. The molecule has 0 aliphatic carbocycles. The van der Waals surface area contributed by atoms with Crippen molar-refractivity contribution in [1.29, 1.82) is 0 Å². The van der Waals surface area contributed by atoms with Crippen LogP contribution in [-0.2, 0) is 0 Å². The third-order valence-corrected chi connectivity index (χ3v) is 3.57. The predicted molar refractivity (Wildman–Crippen MR) is 82.7 cm³/mol. The highest BCUT2D eigenvalue weighted by atomic mass is 19.1. The summed E-state index contributed by atoms with van der Waals surface area (Å²) < 4.78 is 28.7. The summed E-state index contributed by atoms with van der Waals surface area (Å²) >= 11 is 0. The Labute approximate surface area is 129 Å². The number of nitrogens with one attached hydrogen (secondary N) is 1. The molecule has 0 unspecified atom stereocenters. The molecular formula is C16H11F2N5. The van der Waals surface area contributed by atoms with Crippen LogP contribution in [0.5, 0.6) is 0 Å². The molecule has 4 rings (SSSR count). The molecule has 0 spiro atoms. The van der Waals surface area contributed by atoms with Gasteiger partial charge in [0.1, 0.15) is 18.0 Å². The fraction of sp³-hybridized carbons (Fsp3) is 0.0625. The van der Waals surface area contributed by atoms with Crippen LogP contribution in [0.25, 0.3) is 16.7 Å². The van der Waals surface area contributed by atoms with Gasteiger partial charge in [0.05, 0.1) is 16.7 Å². The van der Waals surface area contributed by atoms with Gasteiger partial charge in [-0.2, -0.15) is 0 Å². The van der Waals surface area contributed by atoms with Gasteiger partial charge in [-0.05, 0) is 36.8 Å². The maximum absolute atomic E-state index is 13.9. The second-order valence-corrected chi connectivity index (χ2v) is 5.23. The largest absolute Gasteiger partial charge is 0.335 e. The molecule has 0 saturated heterocycles. The molecular weight excluding hydrogens is 300 g/mol. The summed E-state index contributed by atoms with van der Waals surface area (Å²) in [6.45, 7) is 1.98. The van der Waals surface area contributed by atoms with Crippen molar-refractivity contribution in [3.63, 3.8) is 0 Å². The molecule has 5 nitrogen and oxygen atoms in total. The standard InChI is InChI=1S/C16H11F2N5/c1-9-2-4-13-14(6-9)23-8-19-22-16(23)15(21-13)20-12-5-3-10(17)7-11(12)18/h2-8H,1H3,(H,20,21). The second-order valence-electron chi connectivity index (χ2n) is 5.23. The number of aryl methyl sites for hydroxylation is 1. The number of nitrogens with zero attached hydrogens (tertiary/aromatic N) is 4. The van der Waals surface area contributed by atoms with Crippen molar-refractivity contribution >= 4 is 28.2 Å². The molecule has 0 atom stereocenters. The Morgan fingerprint density at radius 2 is 1.96 bits per heavy atom. The van der Waals surface area contributed by atoms with Crippen molar-refractivity contribution in [2.45, 2.75) is 6.92 Å². The van der Waals surface area contributed by atoms with Crippen molar-refractivity contribution in [3.8, 4) is 0 Å². The van der Waals surface area contributed by atoms with E-state index in [-0.39, 0.29) is 5.69 Å². The van der Waals surface area contributed by atoms with Crippen LogP contribution in [0.1, 0.15) is 5.56 Å². The zero-order valence-corrected chi connectivity index (χ0v) is 12.1. The van der Waals surface area contributed by atoms with E-state index in [2.05, 4.69) is 20.5 Å². The van der Waals surface area contributed by atoms with Crippen LogP contribution in [0.3, 0.4) is 0 Å². The Hall–Kier alpha value is -3.09. The zero-order chi connectivity index (χ0) is 16.0. The molecule has 0 saturated carbocycles. The van der Waals surface area contributed by atoms with Crippen molar-refractivity contribution in [2.24, 2.45) is 0 Å². The second kappa shape index (κ2) is 4.98. The summed E-state index contributed by atoms with van der Waals surface area (Å²) in [6, 6.07) is 9.09. The van der Waals surface area contributed by atoms with E-state index in [1.165, 1.54) is 12.1 Å². The van der Waals surface area contributed by atoms with E-state index in [0.717, 1.165) is 17.1 Å². The lowest BCUT2D eigenvalue weighted by Gasteiger charge is -2.10. The van der Waals surface area contributed by atoms with E-state index in [1.807, 2.05) is 25.1 Å². The number of halogens is 2. The number of hydrogen-bond donors (Lipinski definition) is 1. The molecule has 0 bridgehead atoms. The summed E-state index contributed by atoms with van der Waals surface area (Å²) in [5.74, 6) is -0.986. The quantitative estimate of drug-likeness (QED) is 0.614. The third-order valence-electron chi connectivity index (χ3n) is 3.57. The normalized spacial score (nSPS) is 11.3. The maximum Gasteiger partial charge on any atom is 0.204 e. The molecule has 4 aromatic rings. The van der Waals surface area contributed by atoms with Crippen LogP contribution in [0.2, 0.25) is 0 Å². The molecule has 2 aromatic carbocycles. The first kappa shape index (κ1) is 13.6. The van der Waals surface area contributed by atoms with E-state index in [0.29, 0.717) is 17.0 Å². The Balaban J connectivity index is 1.91. The maximum atomic E-state index is 13.9. The monoisotopic (exact) mass is 311 g/mol. The molecule has 7 heteroatoms. The fourth-order valence-corrected chi connectivity index (χ4v) is 2.47. The Bertz CT molecular complexity index is 1040. The van der Waals surface area contributed by atoms with Gasteiger partial charge in [0.25, 0.3) is 0 Å². The minimum atomic E-state index is -0.700. The van der Waals surface area contributed by atoms with Crippen LogP contribution in [0.4, 0.5) is 20.3 Å².